The van der Waals surface area contributed by atoms with Gasteiger partial charge in [-0.25, -0.2) is 9.78 Å². The predicted molar refractivity (Wildman–Crippen MR) is 165 cm³/mol. The number of carboxylic acid groups (broad SMARTS) is 1. The lowest BCUT2D eigenvalue weighted by Gasteiger charge is -2.34. The van der Waals surface area contributed by atoms with Gasteiger partial charge in [0.05, 0.1) is 53.6 Å². The van der Waals surface area contributed by atoms with Gasteiger partial charge in [-0.1, -0.05) is 23.2 Å². The van der Waals surface area contributed by atoms with Gasteiger partial charge in [-0.2, -0.15) is 0 Å². The molecule has 0 unspecified atom stereocenters. The highest BCUT2D eigenvalue weighted by Gasteiger charge is 2.23. The molecule has 2 N–H and O–H groups in total. The molecule has 4 aromatic rings. The smallest absolute Gasteiger partial charge is 0.335 e. The molecule has 0 aliphatic carbocycles. The zero-order valence-electron chi connectivity index (χ0n) is 23.9. The number of allylic oxidation sites excluding steroid dienone is 1. The number of halogens is 2. The number of carboxylic acids is 1. The van der Waals surface area contributed by atoms with Gasteiger partial charge in [0.25, 0.3) is 0 Å². The highest BCUT2D eigenvalue weighted by Crippen LogP contribution is 2.28. The number of rotatable bonds is 11. The molecule has 43 heavy (non-hydrogen) atoms. The first-order chi connectivity index (χ1) is 20.9. The van der Waals surface area contributed by atoms with Crippen LogP contribution in [0.25, 0.3) is 11.0 Å². The van der Waals surface area contributed by atoms with Gasteiger partial charge in [-0.05, 0) is 55.5 Å². The lowest BCUT2D eigenvalue weighted by Crippen LogP contribution is -2.45. The van der Waals surface area contributed by atoms with Crippen LogP contribution in [0, 0.1) is 0 Å². The van der Waals surface area contributed by atoms with Gasteiger partial charge in [0, 0.05) is 43.9 Å². The van der Waals surface area contributed by atoms with E-state index in [1.165, 1.54) is 0 Å². The summed E-state index contributed by atoms with van der Waals surface area (Å²) in [5, 5.41) is 13.9. The molecular weight excluding hydrogens is 591 g/mol. The van der Waals surface area contributed by atoms with E-state index in [2.05, 4.69) is 31.5 Å². The lowest BCUT2D eigenvalue weighted by atomic mass is 10.2. The van der Waals surface area contributed by atoms with E-state index in [9.17, 15) is 9.90 Å². The maximum absolute atomic E-state index is 11.7. The summed E-state index contributed by atoms with van der Waals surface area (Å²) in [5.41, 5.74) is 3.08. The summed E-state index contributed by atoms with van der Waals surface area (Å²) in [4.78, 5) is 23.7. The largest absolute Gasteiger partial charge is 0.484 e. The Hall–Kier alpha value is -3.70. The molecule has 0 spiro atoms. The van der Waals surface area contributed by atoms with E-state index in [-0.39, 0.29) is 12.2 Å². The number of nitrogens with one attached hydrogen (secondary N) is 1. The van der Waals surface area contributed by atoms with Crippen molar-refractivity contribution in [1.29, 1.82) is 0 Å². The number of benzene rings is 2. The van der Waals surface area contributed by atoms with Crippen molar-refractivity contribution >= 4 is 40.2 Å². The molecule has 2 aromatic heterocycles. The number of carbonyl (C=O) groups is 1. The monoisotopic (exact) mass is 624 g/mol. The summed E-state index contributed by atoms with van der Waals surface area (Å²) in [6, 6.07) is 14.2. The summed E-state index contributed by atoms with van der Waals surface area (Å²) in [6.45, 7) is 9.70. The van der Waals surface area contributed by atoms with Gasteiger partial charge < -0.3 is 29.0 Å². The van der Waals surface area contributed by atoms with Crippen molar-refractivity contribution in [3.8, 4) is 5.75 Å². The van der Waals surface area contributed by atoms with Gasteiger partial charge >= 0.3 is 5.97 Å². The Balaban J connectivity index is 1.08. The fourth-order valence-electron chi connectivity index (χ4n) is 5.54. The minimum absolute atomic E-state index is 0.265. The quantitative estimate of drug-likeness (QED) is 0.232. The first kappa shape index (κ1) is 29.4. The molecule has 226 valence electrons. The van der Waals surface area contributed by atoms with Crippen LogP contribution in [0.15, 0.2) is 64.8 Å². The molecule has 1 fully saturated rings. The Kier molecular flexibility index (Phi) is 8.80. The number of ether oxygens (including phenoxy) is 1. The van der Waals surface area contributed by atoms with E-state index in [1.54, 1.807) is 30.3 Å². The normalized spacial score (nSPS) is 16.1. The Labute approximate surface area is 260 Å². The molecule has 0 bridgehead atoms. The fourth-order valence-corrected chi connectivity index (χ4v) is 6.01. The number of hydrogen-bond acceptors (Lipinski definition) is 8. The topological polar surface area (TPSA) is 99.2 Å². The van der Waals surface area contributed by atoms with Crippen LogP contribution in [-0.4, -0.2) is 74.7 Å². The molecule has 4 heterocycles. The number of hydrogen-bond donors (Lipinski definition) is 2. The van der Waals surface area contributed by atoms with E-state index in [0.29, 0.717) is 28.9 Å². The minimum Gasteiger partial charge on any atom is -0.484 e. The maximum atomic E-state index is 11.7. The number of likely N-dealkylation sites (N-methyl/N-ethyl adjacent to an activating group) is 1. The zero-order chi connectivity index (χ0) is 29.9. The van der Waals surface area contributed by atoms with E-state index in [4.69, 9.17) is 37.3 Å². The van der Waals surface area contributed by atoms with Crippen molar-refractivity contribution in [2.45, 2.75) is 33.2 Å². The van der Waals surface area contributed by atoms with Crippen LogP contribution in [0.3, 0.4) is 0 Å². The number of nitrogens with zero attached hydrogens (tertiary/aromatic N) is 5. The van der Waals surface area contributed by atoms with E-state index in [1.807, 2.05) is 24.4 Å². The van der Waals surface area contributed by atoms with E-state index in [0.717, 1.165) is 80.0 Å². The van der Waals surface area contributed by atoms with Crippen molar-refractivity contribution in [3.63, 3.8) is 0 Å². The second-order valence-corrected chi connectivity index (χ2v) is 11.6. The van der Waals surface area contributed by atoms with Crippen LogP contribution in [0.1, 0.15) is 34.6 Å². The van der Waals surface area contributed by atoms with Gasteiger partial charge in [-0.15, -0.1) is 0 Å². The second-order valence-electron chi connectivity index (χ2n) is 10.8. The average molecular weight is 626 g/mol. The second kappa shape index (κ2) is 12.9. The third-order valence-electron chi connectivity index (χ3n) is 7.92. The molecule has 2 aliphatic heterocycles. The zero-order valence-corrected chi connectivity index (χ0v) is 25.4. The molecule has 0 radical (unpaired) electrons. The van der Waals surface area contributed by atoms with E-state index >= 15 is 0 Å². The maximum Gasteiger partial charge on any atom is 0.335 e. The Bertz CT molecular complexity index is 1640. The Morgan fingerprint density at radius 1 is 1.00 bits per heavy atom. The van der Waals surface area contributed by atoms with E-state index < -0.39 is 5.97 Å². The lowest BCUT2D eigenvalue weighted by molar-refractivity contribution is 0.0697. The van der Waals surface area contributed by atoms with Crippen molar-refractivity contribution in [2.75, 3.05) is 39.4 Å². The highest BCUT2D eigenvalue weighted by molar-refractivity contribution is 6.35. The molecular formula is C31H34Cl2N6O4. The van der Waals surface area contributed by atoms with Crippen molar-refractivity contribution < 1.29 is 19.1 Å². The molecule has 2 aromatic carbocycles. The number of aromatic carboxylic acids is 1. The highest BCUT2D eigenvalue weighted by atomic mass is 35.5. The summed E-state index contributed by atoms with van der Waals surface area (Å²) in [5.74, 6) is 2.19. The number of piperazine rings is 1. The minimum atomic E-state index is -0.939. The SMILES string of the molecule is CCN1CNC=C1Cn1c(CN2CCN(Cc3ccc(COc4ccc(Cl)cc4Cl)o3)CC2)nc2ccc(C(=O)O)cc21. The van der Waals surface area contributed by atoms with Gasteiger partial charge in [0.15, 0.2) is 0 Å². The van der Waals surface area contributed by atoms with Crippen LogP contribution in [0.4, 0.5) is 0 Å². The third kappa shape index (κ3) is 6.78. The molecule has 1 saturated heterocycles. The number of imidazole rings is 1. The van der Waals surface area contributed by atoms with Gasteiger partial charge in [-0.3, -0.25) is 9.80 Å². The van der Waals surface area contributed by atoms with Gasteiger partial charge in [0.2, 0.25) is 0 Å². The van der Waals surface area contributed by atoms with Crippen LogP contribution < -0.4 is 10.1 Å². The summed E-state index contributed by atoms with van der Waals surface area (Å²) in [6.07, 6.45) is 2.04. The Morgan fingerprint density at radius 3 is 2.51 bits per heavy atom. The van der Waals surface area contributed by atoms with Crippen molar-refractivity contribution in [1.82, 2.24) is 29.6 Å². The Morgan fingerprint density at radius 2 is 1.77 bits per heavy atom. The van der Waals surface area contributed by atoms with Crippen LogP contribution in [0.5, 0.6) is 5.75 Å². The first-order valence-corrected chi connectivity index (χ1v) is 15.1. The van der Waals surface area contributed by atoms with Crippen LogP contribution in [-0.2, 0) is 26.2 Å². The van der Waals surface area contributed by atoms with Crippen LogP contribution in [0.2, 0.25) is 10.0 Å². The molecule has 0 atom stereocenters. The number of fused-ring (bicyclic) bond motifs is 1. The number of aromatic nitrogens is 2. The summed E-state index contributed by atoms with van der Waals surface area (Å²) >= 11 is 12.2. The van der Waals surface area contributed by atoms with Gasteiger partial charge in [0.1, 0.15) is 29.7 Å². The molecule has 6 rings (SSSR count). The molecule has 0 saturated carbocycles. The standard InChI is InChI=1S/C31H34Cl2N6O4/c1-2-38-20-34-15-23(38)16-39-28-13-21(31(40)41)3-7-27(28)35-30(39)18-37-11-9-36(10-12-37)17-24-5-6-25(43-24)19-42-29-8-4-22(32)14-26(29)33/h3-8,13-15,34H,2,9-12,16-20H2,1H3,(H,40,41). The molecule has 12 heteroatoms. The average Bonchev–Trinajstić information content (AvgIpc) is 3.72. The molecule has 0 amide bonds. The van der Waals surface area contributed by atoms with Crippen molar-refractivity contribution in [2.24, 2.45) is 0 Å². The van der Waals surface area contributed by atoms with Crippen LogP contribution >= 0.6 is 23.2 Å². The summed E-state index contributed by atoms with van der Waals surface area (Å²) in [7, 11) is 0. The molecule has 2 aliphatic rings. The molecule has 10 nitrogen and oxygen atoms in total. The third-order valence-corrected chi connectivity index (χ3v) is 8.45. The van der Waals surface area contributed by atoms with Crippen molar-refractivity contribution in [3.05, 3.63) is 93.4 Å². The predicted octanol–water partition coefficient (Wildman–Crippen LogP) is 5.26. The summed E-state index contributed by atoms with van der Waals surface area (Å²) < 4.78 is 14.0. The first-order valence-electron chi connectivity index (χ1n) is 14.4. The number of furan rings is 1. The fraction of sp³-hybridized carbons (Fsp3) is 0.355.